The quantitative estimate of drug-likeness (QED) is 0.0874. The second-order valence-corrected chi connectivity index (χ2v) is 11.2. The molecule has 0 bridgehead atoms. The number of rotatable bonds is 23. The molecular weight excluding hydrogens is 426 g/mol. The molecule has 0 spiro atoms. The minimum Gasteiger partial charge on any atom is -0.469 e. The Morgan fingerprint density at radius 3 is 2.06 bits per heavy atom. The van der Waals surface area contributed by atoms with Crippen LogP contribution in [0.1, 0.15) is 144 Å². The standard InChI is InChI=1S/C29H57NO4/c1-7-8-9-10-11-15-22-29(5,30-33)23-24(2)18-19-25(3)26(4)20-21-27(31)16-13-12-14-17-28(32)34-6/h24-26,30,33H,7-23H2,1-6H3/t24-,25-,26-,29?/m0/s1. The van der Waals surface area contributed by atoms with E-state index in [1.807, 2.05) is 0 Å². The molecule has 0 aliphatic heterocycles. The van der Waals surface area contributed by atoms with Gasteiger partial charge in [0.25, 0.3) is 0 Å². The van der Waals surface area contributed by atoms with Crippen LogP contribution in [0.2, 0.25) is 0 Å². The van der Waals surface area contributed by atoms with Gasteiger partial charge in [-0.25, -0.2) is 0 Å². The van der Waals surface area contributed by atoms with E-state index in [4.69, 9.17) is 0 Å². The molecule has 0 saturated carbocycles. The van der Waals surface area contributed by atoms with Crippen LogP contribution in [-0.2, 0) is 14.3 Å². The van der Waals surface area contributed by atoms with Gasteiger partial charge < -0.3 is 9.94 Å². The van der Waals surface area contributed by atoms with Gasteiger partial charge in [0, 0.05) is 24.8 Å². The topological polar surface area (TPSA) is 75.6 Å². The molecule has 202 valence electrons. The first-order chi connectivity index (χ1) is 16.2. The molecule has 0 fully saturated rings. The van der Waals surface area contributed by atoms with E-state index < -0.39 is 0 Å². The third-order valence-electron chi connectivity index (χ3n) is 7.68. The number of hydroxylamine groups is 1. The third kappa shape index (κ3) is 17.5. The Bertz CT molecular complexity index is 524. The van der Waals surface area contributed by atoms with E-state index in [1.54, 1.807) is 0 Å². The van der Waals surface area contributed by atoms with Gasteiger partial charge in [0.05, 0.1) is 7.11 Å². The molecule has 2 N–H and O–H groups in total. The number of nitrogens with one attached hydrogen (secondary N) is 1. The van der Waals surface area contributed by atoms with E-state index in [1.165, 1.54) is 52.1 Å². The van der Waals surface area contributed by atoms with Crippen LogP contribution >= 0.6 is 0 Å². The van der Waals surface area contributed by atoms with Crippen LogP contribution in [0.4, 0.5) is 0 Å². The van der Waals surface area contributed by atoms with Gasteiger partial charge >= 0.3 is 5.97 Å². The van der Waals surface area contributed by atoms with Crippen molar-refractivity contribution in [1.82, 2.24) is 5.48 Å². The Morgan fingerprint density at radius 2 is 1.41 bits per heavy atom. The number of carbonyl (C=O) groups is 2. The normalized spacial score (nSPS) is 16.0. The number of ether oxygens (including phenoxy) is 1. The Hall–Kier alpha value is -0.940. The first kappa shape index (κ1) is 33.1. The number of unbranched alkanes of at least 4 members (excludes halogenated alkanes) is 7. The number of methoxy groups -OCH3 is 1. The Labute approximate surface area is 211 Å². The summed E-state index contributed by atoms with van der Waals surface area (Å²) >= 11 is 0. The van der Waals surface area contributed by atoms with Crippen LogP contribution < -0.4 is 5.48 Å². The molecule has 0 saturated heterocycles. The zero-order valence-electron chi connectivity index (χ0n) is 23.4. The zero-order valence-corrected chi connectivity index (χ0v) is 23.4. The maximum Gasteiger partial charge on any atom is 0.305 e. The van der Waals surface area contributed by atoms with Crippen molar-refractivity contribution in [3.63, 3.8) is 0 Å². The lowest BCUT2D eigenvalue weighted by atomic mass is 9.81. The van der Waals surface area contributed by atoms with Gasteiger partial charge in [-0.2, -0.15) is 5.48 Å². The van der Waals surface area contributed by atoms with E-state index in [9.17, 15) is 14.8 Å². The molecule has 34 heavy (non-hydrogen) atoms. The summed E-state index contributed by atoms with van der Waals surface area (Å²) in [5.74, 6) is 1.89. The number of hydrogen-bond acceptors (Lipinski definition) is 5. The SMILES string of the molecule is CCCCCCCCC(C)(C[C@@H](C)CC[C@H](C)[C@@H](C)CCC(=O)CCCCCC(=O)OC)NO. The lowest BCUT2D eigenvalue weighted by molar-refractivity contribution is -0.140. The van der Waals surface area contributed by atoms with Gasteiger partial charge in [-0.3, -0.25) is 9.59 Å². The largest absolute Gasteiger partial charge is 0.469 e. The van der Waals surface area contributed by atoms with Gasteiger partial charge in [-0.15, -0.1) is 0 Å². The van der Waals surface area contributed by atoms with Gasteiger partial charge in [-0.1, -0.05) is 85.5 Å². The van der Waals surface area contributed by atoms with Crippen molar-refractivity contribution in [2.24, 2.45) is 17.8 Å². The highest BCUT2D eigenvalue weighted by Gasteiger charge is 2.26. The lowest BCUT2D eigenvalue weighted by Crippen LogP contribution is -2.41. The van der Waals surface area contributed by atoms with Gasteiger partial charge in [-0.05, 0) is 56.8 Å². The van der Waals surface area contributed by atoms with E-state index in [2.05, 4.69) is 44.8 Å². The number of ketones is 1. The zero-order chi connectivity index (χ0) is 25.8. The predicted octanol–water partition coefficient (Wildman–Crippen LogP) is 8.03. The molecule has 1 unspecified atom stereocenters. The van der Waals surface area contributed by atoms with Gasteiger partial charge in [0.2, 0.25) is 0 Å². The summed E-state index contributed by atoms with van der Waals surface area (Å²) in [6, 6.07) is 0. The van der Waals surface area contributed by atoms with Crippen LogP contribution in [0.25, 0.3) is 0 Å². The minimum absolute atomic E-state index is 0.168. The predicted molar refractivity (Wildman–Crippen MR) is 142 cm³/mol. The van der Waals surface area contributed by atoms with Crippen LogP contribution in [0.3, 0.4) is 0 Å². The maximum atomic E-state index is 12.2. The van der Waals surface area contributed by atoms with Gasteiger partial charge in [0.1, 0.15) is 5.78 Å². The van der Waals surface area contributed by atoms with Crippen molar-refractivity contribution in [2.75, 3.05) is 7.11 Å². The van der Waals surface area contributed by atoms with E-state index in [0.29, 0.717) is 42.8 Å². The first-order valence-electron chi connectivity index (χ1n) is 14.2. The third-order valence-corrected chi connectivity index (χ3v) is 7.68. The number of hydrogen-bond donors (Lipinski definition) is 2. The monoisotopic (exact) mass is 483 g/mol. The Balaban J connectivity index is 4.06. The summed E-state index contributed by atoms with van der Waals surface area (Å²) in [4.78, 5) is 23.3. The van der Waals surface area contributed by atoms with E-state index in [-0.39, 0.29) is 11.5 Å². The van der Waals surface area contributed by atoms with Gasteiger partial charge in [0.15, 0.2) is 0 Å². The lowest BCUT2D eigenvalue weighted by Gasteiger charge is -2.31. The molecule has 0 aliphatic carbocycles. The summed E-state index contributed by atoms with van der Waals surface area (Å²) in [6.45, 7) is 11.3. The van der Waals surface area contributed by atoms with E-state index in [0.717, 1.165) is 44.9 Å². The molecule has 0 aromatic rings. The summed E-state index contributed by atoms with van der Waals surface area (Å²) in [5, 5.41) is 9.79. The van der Waals surface area contributed by atoms with Crippen LogP contribution in [0.15, 0.2) is 0 Å². The van der Waals surface area contributed by atoms with Crippen LogP contribution in [0, 0.1) is 17.8 Å². The van der Waals surface area contributed by atoms with Crippen molar-refractivity contribution in [3.05, 3.63) is 0 Å². The van der Waals surface area contributed by atoms with Crippen LogP contribution in [0.5, 0.6) is 0 Å². The summed E-state index contributed by atoms with van der Waals surface area (Å²) in [7, 11) is 1.41. The summed E-state index contributed by atoms with van der Waals surface area (Å²) < 4.78 is 4.64. The number of Topliss-reactive ketones (excluding diaryl/α,β-unsaturated/α-hetero) is 1. The van der Waals surface area contributed by atoms with Crippen molar-refractivity contribution in [3.8, 4) is 0 Å². The summed E-state index contributed by atoms with van der Waals surface area (Å²) in [6.07, 6.45) is 17.3. The Morgan fingerprint density at radius 1 is 0.824 bits per heavy atom. The average Bonchev–Trinajstić information content (AvgIpc) is 2.82. The van der Waals surface area contributed by atoms with Crippen LogP contribution in [-0.4, -0.2) is 29.6 Å². The molecule has 0 rings (SSSR count). The van der Waals surface area contributed by atoms with Crippen molar-refractivity contribution < 1.29 is 19.5 Å². The molecule has 5 nitrogen and oxygen atoms in total. The summed E-state index contributed by atoms with van der Waals surface area (Å²) in [5.41, 5.74) is 2.44. The molecule has 0 aromatic carbocycles. The molecule has 0 radical (unpaired) electrons. The molecular formula is C29H57NO4. The molecule has 5 heteroatoms. The van der Waals surface area contributed by atoms with Crippen molar-refractivity contribution in [2.45, 2.75) is 149 Å². The second kappa shape index (κ2) is 20.3. The smallest absolute Gasteiger partial charge is 0.305 e. The molecule has 0 aliphatic rings. The fraction of sp³-hybridized carbons (Fsp3) is 0.931. The highest BCUT2D eigenvalue weighted by Crippen LogP contribution is 2.29. The molecule has 0 aromatic heterocycles. The molecule has 4 atom stereocenters. The molecule has 0 amide bonds. The second-order valence-electron chi connectivity index (χ2n) is 11.2. The maximum absolute atomic E-state index is 12.2. The average molecular weight is 484 g/mol. The number of carbonyl (C=O) groups excluding carboxylic acids is 2. The van der Waals surface area contributed by atoms with Crippen molar-refractivity contribution in [1.29, 1.82) is 0 Å². The highest BCUT2D eigenvalue weighted by molar-refractivity contribution is 5.78. The molecule has 0 heterocycles. The Kier molecular flexibility index (Phi) is 19.7. The minimum atomic E-state index is -0.192. The highest BCUT2D eigenvalue weighted by atomic mass is 16.5. The fourth-order valence-electron chi connectivity index (χ4n) is 4.87. The number of esters is 1. The van der Waals surface area contributed by atoms with Crippen molar-refractivity contribution >= 4 is 11.8 Å². The first-order valence-corrected chi connectivity index (χ1v) is 14.2. The van der Waals surface area contributed by atoms with E-state index >= 15 is 0 Å². The fourth-order valence-corrected chi connectivity index (χ4v) is 4.87.